The molecule has 0 heterocycles. The van der Waals surface area contributed by atoms with Crippen molar-refractivity contribution in [1.82, 2.24) is 0 Å². The number of halogens is 3. The molecule has 0 aliphatic rings. The summed E-state index contributed by atoms with van der Waals surface area (Å²) >= 11 is 1.07. The van der Waals surface area contributed by atoms with Gasteiger partial charge < -0.3 is 0 Å². The molecule has 132 valence electrons. The maximum atomic E-state index is 13.3. The Kier molecular flexibility index (Phi) is 6.27. The Morgan fingerprint density at radius 3 is 2.20 bits per heavy atom. The number of hydrogen-bond donors (Lipinski definition) is 1. The van der Waals surface area contributed by atoms with Gasteiger partial charge in [0.25, 0.3) is 0 Å². The zero-order valence-electron chi connectivity index (χ0n) is 13.8. The molecule has 3 nitrogen and oxygen atoms in total. The van der Waals surface area contributed by atoms with Crippen LogP contribution in [0.4, 0.5) is 18.9 Å². The van der Waals surface area contributed by atoms with E-state index in [1.165, 1.54) is 18.1 Å². The minimum atomic E-state index is -4.55. The predicted octanol–water partition coefficient (Wildman–Crippen LogP) is 5.03. The summed E-state index contributed by atoms with van der Waals surface area (Å²) in [5.74, 6) is 0. The highest BCUT2D eigenvalue weighted by Crippen LogP contribution is 2.23. The van der Waals surface area contributed by atoms with Crippen molar-refractivity contribution in [2.45, 2.75) is 18.0 Å². The van der Waals surface area contributed by atoms with E-state index < -0.39 is 11.9 Å². The number of hydrogen-bond acceptors (Lipinski definition) is 4. The summed E-state index contributed by atoms with van der Waals surface area (Å²) in [5, 5.41) is 10.3. The van der Waals surface area contributed by atoms with Crippen LogP contribution in [0.2, 0.25) is 0 Å². The van der Waals surface area contributed by atoms with Crippen molar-refractivity contribution in [2.75, 3.05) is 12.1 Å². The molecule has 0 atom stereocenters. The third-order valence-electron chi connectivity index (χ3n) is 3.41. The van der Waals surface area contributed by atoms with E-state index in [4.69, 9.17) is 5.14 Å². The van der Waals surface area contributed by atoms with Gasteiger partial charge in [-0.1, -0.05) is 35.9 Å². The van der Waals surface area contributed by atoms with Crippen LogP contribution in [0.25, 0.3) is 6.08 Å². The summed E-state index contributed by atoms with van der Waals surface area (Å²) < 4.78 is 39.8. The van der Waals surface area contributed by atoms with Gasteiger partial charge in [0.05, 0.1) is 5.69 Å². The zero-order chi connectivity index (χ0) is 18.4. The molecule has 2 aromatic rings. The second-order valence-corrected chi connectivity index (χ2v) is 6.07. The van der Waals surface area contributed by atoms with Gasteiger partial charge in [-0.25, -0.2) is 0 Å². The van der Waals surface area contributed by atoms with E-state index in [0.29, 0.717) is 11.3 Å². The molecule has 0 aromatic heterocycles. The third kappa shape index (κ3) is 5.65. The predicted molar refractivity (Wildman–Crippen MR) is 98.6 cm³/mol. The van der Waals surface area contributed by atoms with Crippen molar-refractivity contribution < 1.29 is 13.2 Å². The molecule has 0 spiro atoms. The van der Waals surface area contributed by atoms with E-state index in [0.717, 1.165) is 28.5 Å². The molecule has 2 aromatic carbocycles. The monoisotopic (exact) mass is 365 g/mol. The topological polar surface area (TPSA) is 41.6 Å². The second-order valence-electron chi connectivity index (χ2n) is 5.36. The lowest BCUT2D eigenvalue weighted by Crippen LogP contribution is -2.25. The van der Waals surface area contributed by atoms with E-state index in [2.05, 4.69) is 5.10 Å². The first-order valence-electron chi connectivity index (χ1n) is 7.40. The van der Waals surface area contributed by atoms with E-state index in [1.54, 1.807) is 36.4 Å². The normalized spacial score (nSPS) is 12.6. The van der Waals surface area contributed by atoms with Crippen LogP contribution in [0.1, 0.15) is 11.1 Å². The number of hydrazone groups is 1. The van der Waals surface area contributed by atoms with Crippen molar-refractivity contribution in [3.8, 4) is 0 Å². The Morgan fingerprint density at radius 2 is 1.68 bits per heavy atom. The number of benzene rings is 2. The fourth-order valence-corrected chi connectivity index (χ4v) is 2.29. The van der Waals surface area contributed by atoms with Gasteiger partial charge in [0.15, 0.2) is 5.71 Å². The van der Waals surface area contributed by atoms with Gasteiger partial charge >= 0.3 is 6.18 Å². The van der Waals surface area contributed by atoms with E-state index in [-0.39, 0.29) is 0 Å². The number of aryl methyl sites for hydroxylation is 1. The van der Waals surface area contributed by atoms with Crippen LogP contribution in [0.3, 0.4) is 0 Å². The Morgan fingerprint density at radius 1 is 1.08 bits per heavy atom. The van der Waals surface area contributed by atoms with Crippen molar-refractivity contribution in [3.63, 3.8) is 0 Å². The molecule has 0 unspecified atom stereocenters. The van der Waals surface area contributed by atoms with Crippen LogP contribution in [-0.4, -0.2) is 18.9 Å². The standard InChI is InChI=1S/C18H18F3N3S/c1-13-3-5-14(6-4-13)7-12-17(18(19,20)21)23-24(2)15-8-10-16(25-22)11-9-15/h3-12H,22H2,1-2H3/b12-7+,23-17+. The second kappa shape index (κ2) is 8.22. The molecule has 0 aliphatic heterocycles. The summed E-state index contributed by atoms with van der Waals surface area (Å²) in [5.41, 5.74) is 1.27. The van der Waals surface area contributed by atoms with Gasteiger partial charge in [0, 0.05) is 11.9 Å². The third-order valence-corrected chi connectivity index (χ3v) is 3.95. The lowest BCUT2D eigenvalue weighted by molar-refractivity contribution is -0.0578. The zero-order valence-corrected chi connectivity index (χ0v) is 14.6. The van der Waals surface area contributed by atoms with Gasteiger partial charge in [-0.3, -0.25) is 10.1 Å². The number of allylic oxidation sites excluding steroid dienone is 1. The van der Waals surface area contributed by atoms with Crippen molar-refractivity contribution in [3.05, 3.63) is 65.7 Å². The minimum absolute atomic E-state index is 0.531. The average Bonchev–Trinajstić information content (AvgIpc) is 2.59. The molecule has 7 heteroatoms. The summed E-state index contributed by atoms with van der Waals surface area (Å²) in [7, 11) is 1.47. The summed E-state index contributed by atoms with van der Waals surface area (Å²) in [6.07, 6.45) is -2.18. The number of rotatable bonds is 5. The van der Waals surface area contributed by atoms with Gasteiger partial charge in [-0.05, 0) is 54.8 Å². The highest BCUT2D eigenvalue weighted by atomic mass is 32.2. The summed E-state index contributed by atoms with van der Waals surface area (Å²) in [6, 6.07) is 14.0. The van der Waals surface area contributed by atoms with Crippen LogP contribution < -0.4 is 10.1 Å². The first-order chi connectivity index (χ1) is 11.8. The summed E-state index contributed by atoms with van der Waals surface area (Å²) in [6.45, 7) is 1.92. The van der Waals surface area contributed by atoms with E-state index in [1.807, 2.05) is 19.1 Å². The Labute approximate surface area is 149 Å². The fraction of sp³-hybridized carbons (Fsp3) is 0.167. The van der Waals surface area contributed by atoms with E-state index >= 15 is 0 Å². The number of nitrogens with two attached hydrogens (primary N) is 1. The molecule has 0 radical (unpaired) electrons. The SMILES string of the molecule is Cc1ccc(/C=C/C(=N\N(C)c2ccc(SN)cc2)C(F)(F)F)cc1. The van der Waals surface area contributed by atoms with Gasteiger partial charge in [-0.15, -0.1) is 0 Å². The quantitative estimate of drug-likeness (QED) is 0.459. The van der Waals surface area contributed by atoms with Crippen molar-refractivity contribution in [1.29, 1.82) is 0 Å². The van der Waals surface area contributed by atoms with Crippen LogP contribution >= 0.6 is 11.9 Å². The molecule has 0 fully saturated rings. The maximum absolute atomic E-state index is 13.3. The highest BCUT2D eigenvalue weighted by Gasteiger charge is 2.34. The molecular weight excluding hydrogens is 347 g/mol. The molecule has 2 rings (SSSR count). The highest BCUT2D eigenvalue weighted by molar-refractivity contribution is 7.97. The first kappa shape index (κ1) is 19.1. The number of alkyl halides is 3. The summed E-state index contributed by atoms with van der Waals surface area (Å²) in [4.78, 5) is 0.816. The largest absolute Gasteiger partial charge is 0.435 e. The van der Waals surface area contributed by atoms with Crippen molar-refractivity contribution >= 4 is 29.4 Å². The van der Waals surface area contributed by atoms with Gasteiger partial charge in [-0.2, -0.15) is 18.3 Å². The van der Waals surface area contributed by atoms with Gasteiger partial charge in [0.2, 0.25) is 0 Å². The smallest absolute Gasteiger partial charge is 0.274 e. The van der Waals surface area contributed by atoms with Crippen molar-refractivity contribution in [2.24, 2.45) is 10.2 Å². The van der Waals surface area contributed by atoms with Crippen LogP contribution in [0.5, 0.6) is 0 Å². The molecule has 0 aliphatic carbocycles. The molecule has 2 N–H and O–H groups in total. The lowest BCUT2D eigenvalue weighted by atomic mass is 10.1. The first-order valence-corrected chi connectivity index (χ1v) is 8.28. The Bertz CT molecular complexity index is 751. The minimum Gasteiger partial charge on any atom is -0.274 e. The fourth-order valence-electron chi connectivity index (χ4n) is 2.00. The molecule has 25 heavy (non-hydrogen) atoms. The lowest BCUT2D eigenvalue weighted by Gasteiger charge is -2.16. The van der Waals surface area contributed by atoms with E-state index in [9.17, 15) is 13.2 Å². The number of anilines is 1. The maximum Gasteiger partial charge on any atom is 0.435 e. The van der Waals surface area contributed by atoms with Crippen LogP contribution in [-0.2, 0) is 0 Å². The Hall–Kier alpha value is -2.25. The van der Waals surface area contributed by atoms with Crippen LogP contribution in [0, 0.1) is 6.92 Å². The molecular formula is C18H18F3N3S. The molecule has 0 bridgehead atoms. The molecule has 0 amide bonds. The molecule has 0 saturated heterocycles. The Balaban J connectivity index is 2.26. The van der Waals surface area contributed by atoms with Crippen LogP contribution in [0.15, 0.2) is 64.6 Å². The average molecular weight is 365 g/mol. The molecule has 0 saturated carbocycles. The van der Waals surface area contributed by atoms with Gasteiger partial charge in [0.1, 0.15) is 0 Å². The number of nitrogens with zero attached hydrogens (tertiary/aromatic N) is 2.